The van der Waals surface area contributed by atoms with E-state index in [1.165, 1.54) is 5.84 Å². The van der Waals surface area contributed by atoms with E-state index >= 15 is 0 Å². The Balaban J connectivity index is 1.34. The van der Waals surface area contributed by atoms with Gasteiger partial charge in [0, 0.05) is 55.8 Å². The molecule has 1 fully saturated rings. The minimum absolute atomic E-state index is 0.0882. The van der Waals surface area contributed by atoms with Crippen molar-refractivity contribution in [3.05, 3.63) is 71.0 Å². The summed E-state index contributed by atoms with van der Waals surface area (Å²) in [5.41, 5.74) is 9.29. The zero-order valence-corrected chi connectivity index (χ0v) is 23.6. The van der Waals surface area contributed by atoms with Crippen molar-refractivity contribution in [3.8, 4) is 0 Å². The third-order valence-corrected chi connectivity index (χ3v) is 8.24. The number of rotatable bonds is 7. The summed E-state index contributed by atoms with van der Waals surface area (Å²) in [4.78, 5) is 36.0. The van der Waals surface area contributed by atoms with Gasteiger partial charge in [0.05, 0.1) is 16.9 Å². The molecule has 2 aliphatic heterocycles. The van der Waals surface area contributed by atoms with Gasteiger partial charge in [-0.3, -0.25) is 9.79 Å². The zero-order chi connectivity index (χ0) is 28.7. The monoisotopic (exact) mass is 552 g/mol. The van der Waals surface area contributed by atoms with E-state index in [9.17, 15) is 14.7 Å². The predicted molar refractivity (Wildman–Crippen MR) is 162 cm³/mol. The second-order valence-corrected chi connectivity index (χ2v) is 11.5. The number of aromatic nitrogens is 2. The summed E-state index contributed by atoms with van der Waals surface area (Å²) in [7, 11) is 0. The fraction of sp³-hybridized carbons (Fsp3) is 0.375. The average Bonchev–Trinajstić information content (AvgIpc) is 3.62. The Bertz CT molecular complexity index is 1680. The van der Waals surface area contributed by atoms with Crippen LogP contribution in [-0.2, 0) is 6.54 Å². The lowest BCUT2D eigenvalue weighted by atomic mass is 10.0. The van der Waals surface area contributed by atoms with E-state index in [0.717, 1.165) is 78.7 Å². The van der Waals surface area contributed by atoms with Crippen molar-refractivity contribution in [1.29, 1.82) is 0 Å². The highest BCUT2D eigenvalue weighted by Crippen LogP contribution is 2.31. The largest absolute Gasteiger partial charge is 0.478 e. The van der Waals surface area contributed by atoms with Gasteiger partial charge in [0.25, 0.3) is 0 Å². The van der Waals surface area contributed by atoms with Gasteiger partial charge in [-0.05, 0) is 65.9 Å². The number of carbonyl (C=O) groups is 2. The molecule has 9 nitrogen and oxygen atoms in total. The van der Waals surface area contributed by atoms with E-state index < -0.39 is 11.9 Å². The lowest BCUT2D eigenvalue weighted by molar-refractivity contribution is 0.0698. The number of nitrogens with two attached hydrogens (primary N) is 1. The van der Waals surface area contributed by atoms with E-state index in [4.69, 9.17) is 10.7 Å². The molecule has 0 aliphatic carbocycles. The molecule has 1 saturated heterocycles. The van der Waals surface area contributed by atoms with Crippen LogP contribution < -0.4 is 11.1 Å². The van der Waals surface area contributed by atoms with Gasteiger partial charge in [0.1, 0.15) is 11.3 Å². The molecule has 9 heteroatoms. The van der Waals surface area contributed by atoms with E-state index in [2.05, 4.69) is 45.8 Å². The first kappa shape index (κ1) is 26.8. The van der Waals surface area contributed by atoms with Crippen molar-refractivity contribution in [2.75, 3.05) is 25.0 Å². The number of carboxylic acid groups (broad SMARTS) is 1. The Hall–Kier alpha value is -4.40. The number of nitrogens with one attached hydrogen (secondary N) is 1. The number of benzene rings is 3. The number of aromatic carboxylic acids is 1. The number of carbonyl (C=O) groups excluding carboxylic acids is 1. The van der Waals surface area contributed by atoms with Gasteiger partial charge in [0.15, 0.2) is 0 Å². The molecular formula is C32H36N6O3. The number of imidazole rings is 1. The van der Waals surface area contributed by atoms with Gasteiger partial charge in [-0.1, -0.05) is 32.0 Å². The molecule has 3 heterocycles. The van der Waals surface area contributed by atoms with Crippen LogP contribution in [0.2, 0.25) is 0 Å². The predicted octanol–water partition coefficient (Wildman–Crippen LogP) is 5.23. The molecule has 0 saturated carbocycles. The standard InChI is InChI=1S/C32H36N6O3/c1-19(2)31-36-29-26(32(40)41)16-25(35-24-9-12-37(13-10-24)28-4-3-11-34-28)17-27(29)38(31)18-20-5-6-21-7-8-22(30(33)39)15-23(21)14-20/h5-8,14-17,19,24,35H,3-4,9-13,18H2,1-2H3,(H2,33,39)(H,40,41). The van der Waals surface area contributed by atoms with Crippen LogP contribution in [0.1, 0.15) is 77.6 Å². The SMILES string of the molecule is CC(C)c1nc2c(C(=O)O)cc(NC3CCN(C4=NCCC4)CC3)cc2n1Cc1ccc2ccc(C(N)=O)cc2c1. The number of hydrogen-bond acceptors (Lipinski definition) is 6. The van der Waals surface area contributed by atoms with Crippen LogP contribution in [0.15, 0.2) is 53.5 Å². The van der Waals surface area contributed by atoms with Crippen molar-refractivity contribution >= 4 is 45.2 Å². The van der Waals surface area contributed by atoms with Crippen LogP contribution in [0.25, 0.3) is 21.8 Å². The topological polar surface area (TPSA) is 126 Å². The van der Waals surface area contributed by atoms with Gasteiger partial charge in [-0.15, -0.1) is 0 Å². The smallest absolute Gasteiger partial charge is 0.338 e. The van der Waals surface area contributed by atoms with Gasteiger partial charge in [0.2, 0.25) is 5.91 Å². The Morgan fingerprint density at radius 1 is 1.07 bits per heavy atom. The normalized spacial score (nSPS) is 16.1. The Morgan fingerprint density at radius 2 is 1.85 bits per heavy atom. The zero-order valence-electron chi connectivity index (χ0n) is 23.6. The number of likely N-dealkylation sites (tertiary alicyclic amines) is 1. The second kappa shape index (κ2) is 10.9. The summed E-state index contributed by atoms with van der Waals surface area (Å²) < 4.78 is 2.12. The maximum absolute atomic E-state index is 12.4. The minimum Gasteiger partial charge on any atom is -0.478 e. The third kappa shape index (κ3) is 5.36. The molecule has 0 bridgehead atoms. The summed E-state index contributed by atoms with van der Waals surface area (Å²) in [6.45, 7) is 7.51. The fourth-order valence-electron chi connectivity index (χ4n) is 6.12. The Kier molecular flexibility index (Phi) is 7.11. The van der Waals surface area contributed by atoms with E-state index in [1.54, 1.807) is 12.1 Å². The number of aliphatic imine (C=N–C) groups is 1. The molecule has 3 aromatic carbocycles. The molecule has 1 aromatic heterocycles. The van der Waals surface area contributed by atoms with Crippen LogP contribution in [-0.4, -0.2) is 62.9 Å². The first-order chi connectivity index (χ1) is 19.8. The molecule has 2 aliphatic rings. The van der Waals surface area contributed by atoms with Crippen LogP contribution in [0, 0.1) is 0 Å². The number of carboxylic acids is 1. The Morgan fingerprint density at radius 3 is 2.54 bits per heavy atom. The molecule has 0 unspecified atom stereocenters. The summed E-state index contributed by atoms with van der Waals surface area (Å²) in [6.07, 6.45) is 4.16. The molecular weight excluding hydrogens is 516 g/mol. The summed E-state index contributed by atoms with van der Waals surface area (Å²) in [5.74, 6) is 0.709. The molecule has 212 valence electrons. The van der Waals surface area contributed by atoms with Crippen LogP contribution in [0.3, 0.4) is 0 Å². The van der Waals surface area contributed by atoms with E-state index in [0.29, 0.717) is 17.6 Å². The molecule has 0 radical (unpaired) electrons. The molecule has 41 heavy (non-hydrogen) atoms. The molecule has 0 spiro atoms. The molecule has 4 N–H and O–H groups in total. The van der Waals surface area contributed by atoms with Crippen molar-refractivity contribution in [2.24, 2.45) is 10.7 Å². The average molecular weight is 553 g/mol. The molecule has 0 atom stereocenters. The van der Waals surface area contributed by atoms with Crippen molar-refractivity contribution in [3.63, 3.8) is 0 Å². The number of amidine groups is 1. The van der Waals surface area contributed by atoms with Crippen molar-refractivity contribution < 1.29 is 14.7 Å². The fourth-order valence-corrected chi connectivity index (χ4v) is 6.12. The number of primary amides is 1. The van der Waals surface area contributed by atoms with Gasteiger partial charge < -0.3 is 25.6 Å². The maximum Gasteiger partial charge on any atom is 0.338 e. The molecule has 1 amide bonds. The van der Waals surface area contributed by atoms with Crippen molar-refractivity contribution in [2.45, 2.75) is 58.0 Å². The van der Waals surface area contributed by atoms with Crippen molar-refractivity contribution in [1.82, 2.24) is 14.5 Å². The van der Waals surface area contributed by atoms with Gasteiger partial charge in [-0.25, -0.2) is 9.78 Å². The summed E-state index contributed by atoms with van der Waals surface area (Å²) in [5, 5.41) is 15.7. The quantitative estimate of drug-likeness (QED) is 0.288. The third-order valence-electron chi connectivity index (χ3n) is 8.24. The maximum atomic E-state index is 12.4. The number of anilines is 1. The number of amides is 1. The first-order valence-electron chi connectivity index (χ1n) is 14.4. The van der Waals surface area contributed by atoms with Crippen LogP contribution in [0.5, 0.6) is 0 Å². The van der Waals surface area contributed by atoms with Crippen LogP contribution in [0.4, 0.5) is 5.69 Å². The van der Waals surface area contributed by atoms with Gasteiger partial charge in [-0.2, -0.15) is 0 Å². The number of piperidine rings is 1. The number of fused-ring (bicyclic) bond motifs is 2. The highest BCUT2D eigenvalue weighted by atomic mass is 16.4. The number of hydrogen-bond donors (Lipinski definition) is 3. The second-order valence-electron chi connectivity index (χ2n) is 11.5. The lowest BCUT2D eigenvalue weighted by Crippen LogP contribution is -2.41. The van der Waals surface area contributed by atoms with E-state index in [-0.39, 0.29) is 17.5 Å². The number of nitrogens with zero attached hydrogens (tertiary/aromatic N) is 4. The van der Waals surface area contributed by atoms with Gasteiger partial charge >= 0.3 is 5.97 Å². The first-order valence-corrected chi connectivity index (χ1v) is 14.4. The molecule has 4 aromatic rings. The summed E-state index contributed by atoms with van der Waals surface area (Å²) >= 11 is 0. The molecule has 6 rings (SSSR count). The highest BCUT2D eigenvalue weighted by molar-refractivity contribution is 6.03. The summed E-state index contributed by atoms with van der Waals surface area (Å²) in [6, 6.07) is 15.6. The highest BCUT2D eigenvalue weighted by Gasteiger charge is 2.25. The van der Waals surface area contributed by atoms with E-state index in [1.807, 2.05) is 24.3 Å². The Labute approximate surface area is 239 Å². The lowest BCUT2D eigenvalue weighted by Gasteiger charge is -2.34. The van der Waals surface area contributed by atoms with Crippen LogP contribution >= 0.6 is 0 Å². The minimum atomic E-state index is -0.989.